The molecule has 0 saturated carbocycles. The fourth-order valence-corrected chi connectivity index (χ4v) is 2.97. The number of hydrogen-bond donors (Lipinski definition) is 1. The molecule has 2 aromatic heterocycles. The molecule has 0 amide bonds. The van der Waals surface area contributed by atoms with Gasteiger partial charge >= 0.3 is 0 Å². The third-order valence-electron chi connectivity index (χ3n) is 4.14. The summed E-state index contributed by atoms with van der Waals surface area (Å²) in [5, 5.41) is 4.00. The van der Waals surface area contributed by atoms with Crippen LogP contribution in [-0.2, 0) is 6.54 Å². The van der Waals surface area contributed by atoms with Gasteiger partial charge < -0.3 is 14.6 Å². The third kappa shape index (κ3) is 4.25. The first kappa shape index (κ1) is 17.2. The van der Waals surface area contributed by atoms with Crippen LogP contribution in [0.25, 0.3) is 0 Å². The van der Waals surface area contributed by atoms with E-state index in [0.717, 1.165) is 22.7 Å². The molecule has 5 heteroatoms. The Labute approximate surface area is 153 Å². The molecule has 0 unspecified atom stereocenters. The minimum absolute atomic E-state index is 0.00955. The molecule has 0 spiro atoms. The van der Waals surface area contributed by atoms with Crippen LogP contribution in [0.3, 0.4) is 0 Å². The van der Waals surface area contributed by atoms with E-state index < -0.39 is 0 Å². The van der Waals surface area contributed by atoms with Gasteiger partial charge in [-0.1, -0.05) is 24.3 Å². The van der Waals surface area contributed by atoms with Crippen LogP contribution in [0.4, 0.5) is 5.69 Å². The maximum atomic E-state index is 5.71. The van der Waals surface area contributed by atoms with Crippen LogP contribution in [0.5, 0.6) is 0 Å². The van der Waals surface area contributed by atoms with Crippen molar-refractivity contribution in [1.82, 2.24) is 9.88 Å². The predicted molar refractivity (Wildman–Crippen MR) is 104 cm³/mol. The van der Waals surface area contributed by atoms with E-state index in [1.807, 2.05) is 48.5 Å². The molecule has 25 heavy (non-hydrogen) atoms. The number of nitrogens with zero attached hydrogens (tertiary/aromatic N) is 2. The Kier molecular flexibility index (Phi) is 5.46. The van der Waals surface area contributed by atoms with Gasteiger partial charge in [0.05, 0.1) is 24.5 Å². The van der Waals surface area contributed by atoms with E-state index in [9.17, 15) is 0 Å². The van der Waals surface area contributed by atoms with Crippen LogP contribution in [0.2, 0.25) is 0 Å². The number of pyridine rings is 1. The molecular weight excluding hydrogens is 330 g/mol. The van der Waals surface area contributed by atoms with E-state index in [1.165, 1.54) is 0 Å². The number of aromatic nitrogens is 1. The zero-order valence-electron chi connectivity index (χ0n) is 14.3. The van der Waals surface area contributed by atoms with Gasteiger partial charge in [0.2, 0.25) is 0 Å². The van der Waals surface area contributed by atoms with Crippen LogP contribution in [-0.4, -0.2) is 15.0 Å². The van der Waals surface area contributed by atoms with Crippen LogP contribution in [0.1, 0.15) is 30.0 Å². The second-order valence-corrected chi connectivity index (χ2v) is 6.27. The number of rotatable bonds is 5. The number of aryl methyl sites for hydroxylation is 1. The maximum absolute atomic E-state index is 5.71. The van der Waals surface area contributed by atoms with Crippen LogP contribution in [0, 0.1) is 6.92 Å². The number of nitrogens with one attached hydrogen (secondary N) is 1. The zero-order valence-corrected chi connectivity index (χ0v) is 15.2. The van der Waals surface area contributed by atoms with Crippen molar-refractivity contribution in [2.75, 3.05) is 5.32 Å². The molecular formula is C20H21N3OS. The molecule has 1 N–H and O–H groups in total. The summed E-state index contributed by atoms with van der Waals surface area (Å²) >= 11 is 5.71. The topological polar surface area (TPSA) is 41.3 Å². The lowest BCUT2D eigenvalue weighted by molar-refractivity contribution is 0.299. The number of benzene rings is 1. The van der Waals surface area contributed by atoms with Crippen molar-refractivity contribution in [2.45, 2.75) is 26.4 Å². The third-order valence-corrected chi connectivity index (χ3v) is 4.47. The first-order valence-electron chi connectivity index (χ1n) is 8.21. The van der Waals surface area contributed by atoms with Gasteiger partial charge in [0.15, 0.2) is 5.11 Å². The number of anilines is 1. The Morgan fingerprint density at radius 1 is 1.16 bits per heavy atom. The molecule has 2 heterocycles. The molecule has 0 aliphatic rings. The zero-order chi connectivity index (χ0) is 17.6. The van der Waals surface area contributed by atoms with Gasteiger partial charge in [0.25, 0.3) is 0 Å². The maximum Gasteiger partial charge on any atom is 0.174 e. The molecule has 3 aromatic rings. The highest BCUT2D eigenvalue weighted by atomic mass is 32.1. The highest BCUT2D eigenvalue weighted by Crippen LogP contribution is 2.23. The van der Waals surface area contributed by atoms with Crippen LogP contribution < -0.4 is 5.32 Å². The average molecular weight is 351 g/mol. The lowest BCUT2D eigenvalue weighted by Gasteiger charge is -2.31. The van der Waals surface area contributed by atoms with E-state index >= 15 is 0 Å². The van der Waals surface area contributed by atoms with Gasteiger partial charge in [-0.2, -0.15) is 0 Å². The molecule has 0 radical (unpaired) electrons. The summed E-state index contributed by atoms with van der Waals surface area (Å²) in [5.74, 6) is 0.858. The fraction of sp³-hybridized carbons (Fsp3) is 0.200. The minimum Gasteiger partial charge on any atom is -0.467 e. The van der Waals surface area contributed by atoms with Gasteiger partial charge in [0.1, 0.15) is 5.76 Å². The molecule has 4 nitrogen and oxygen atoms in total. The van der Waals surface area contributed by atoms with E-state index in [2.05, 4.69) is 35.1 Å². The molecule has 0 aliphatic heterocycles. The molecule has 1 aromatic carbocycles. The van der Waals surface area contributed by atoms with E-state index in [0.29, 0.717) is 11.7 Å². The summed E-state index contributed by atoms with van der Waals surface area (Å²) in [6, 6.07) is 17.9. The minimum atomic E-state index is 0.00955. The van der Waals surface area contributed by atoms with Crippen molar-refractivity contribution < 1.29 is 4.42 Å². The summed E-state index contributed by atoms with van der Waals surface area (Å²) in [5.41, 5.74) is 3.11. The Morgan fingerprint density at radius 2 is 1.96 bits per heavy atom. The second-order valence-electron chi connectivity index (χ2n) is 5.88. The molecule has 0 bridgehead atoms. The van der Waals surface area contributed by atoms with Gasteiger partial charge in [-0.15, -0.1) is 0 Å². The molecule has 1 atom stereocenters. The lowest BCUT2D eigenvalue weighted by atomic mass is 10.1. The Morgan fingerprint density at radius 3 is 2.64 bits per heavy atom. The number of para-hydroxylation sites is 1. The normalized spacial score (nSPS) is 11.8. The molecule has 3 rings (SSSR count). The fourth-order valence-electron chi connectivity index (χ4n) is 2.64. The number of furan rings is 1. The Hall–Kier alpha value is -2.66. The van der Waals surface area contributed by atoms with Gasteiger partial charge in [0, 0.05) is 11.9 Å². The molecule has 0 aliphatic carbocycles. The van der Waals surface area contributed by atoms with Gasteiger partial charge in [-0.3, -0.25) is 4.98 Å². The summed E-state index contributed by atoms with van der Waals surface area (Å²) < 4.78 is 5.52. The monoisotopic (exact) mass is 351 g/mol. The first-order chi connectivity index (χ1) is 12.1. The largest absolute Gasteiger partial charge is 0.467 e. The van der Waals surface area contributed by atoms with Crippen molar-refractivity contribution in [3.05, 3.63) is 84.1 Å². The summed E-state index contributed by atoms with van der Waals surface area (Å²) in [7, 11) is 0. The van der Waals surface area contributed by atoms with Crippen molar-refractivity contribution in [3.8, 4) is 0 Å². The standard InChI is InChI=1S/C20H21N3OS/c1-15-8-3-4-10-18(15)22-20(25)23(14-17-9-7-13-24-17)16(2)19-11-5-6-12-21-19/h3-13,16H,14H2,1-2H3,(H,22,25)/t16-/m1/s1. The van der Waals surface area contributed by atoms with Crippen molar-refractivity contribution in [3.63, 3.8) is 0 Å². The van der Waals surface area contributed by atoms with E-state index in [1.54, 1.807) is 12.5 Å². The molecule has 128 valence electrons. The number of thiocarbonyl (C=S) groups is 1. The van der Waals surface area contributed by atoms with E-state index in [4.69, 9.17) is 16.6 Å². The van der Waals surface area contributed by atoms with Crippen LogP contribution >= 0.6 is 12.2 Å². The van der Waals surface area contributed by atoms with Crippen molar-refractivity contribution in [1.29, 1.82) is 0 Å². The predicted octanol–water partition coefficient (Wildman–Crippen LogP) is 4.94. The van der Waals surface area contributed by atoms with Crippen molar-refractivity contribution >= 4 is 23.0 Å². The second kappa shape index (κ2) is 7.94. The first-order valence-corrected chi connectivity index (χ1v) is 8.62. The van der Waals surface area contributed by atoms with E-state index in [-0.39, 0.29) is 6.04 Å². The average Bonchev–Trinajstić information content (AvgIpc) is 3.15. The smallest absolute Gasteiger partial charge is 0.174 e. The Balaban J connectivity index is 1.85. The lowest BCUT2D eigenvalue weighted by Crippen LogP contribution is -2.36. The molecule has 0 fully saturated rings. The summed E-state index contributed by atoms with van der Waals surface area (Å²) in [6.07, 6.45) is 3.48. The summed E-state index contributed by atoms with van der Waals surface area (Å²) in [4.78, 5) is 6.56. The number of hydrogen-bond acceptors (Lipinski definition) is 3. The highest BCUT2D eigenvalue weighted by Gasteiger charge is 2.21. The molecule has 0 saturated heterocycles. The van der Waals surface area contributed by atoms with Crippen LogP contribution in [0.15, 0.2) is 71.5 Å². The van der Waals surface area contributed by atoms with Gasteiger partial charge in [-0.05, 0) is 62.0 Å². The quantitative estimate of drug-likeness (QED) is 0.659. The summed E-state index contributed by atoms with van der Waals surface area (Å²) in [6.45, 7) is 4.73. The van der Waals surface area contributed by atoms with Gasteiger partial charge in [-0.25, -0.2) is 0 Å². The SMILES string of the molecule is Cc1ccccc1NC(=S)N(Cc1ccco1)[C@H](C)c1ccccn1. The Bertz CT molecular complexity index is 818. The van der Waals surface area contributed by atoms with Crippen molar-refractivity contribution in [2.24, 2.45) is 0 Å². The highest BCUT2D eigenvalue weighted by molar-refractivity contribution is 7.80.